The number of hydrogen-bond acceptors (Lipinski definition) is 4. The lowest BCUT2D eigenvalue weighted by atomic mass is 10.1. The lowest BCUT2D eigenvalue weighted by Crippen LogP contribution is -2.11. The maximum atomic E-state index is 12.2. The van der Waals surface area contributed by atoms with Gasteiger partial charge >= 0.3 is 5.97 Å². The van der Waals surface area contributed by atoms with Crippen LogP contribution in [0.4, 0.5) is 5.69 Å². The van der Waals surface area contributed by atoms with E-state index in [9.17, 15) is 14.7 Å². The summed E-state index contributed by atoms with van der Waals surface area (Å²) < 4.78 is 11.0. The van der Waals surface area contributed by atoms with Crippen LogP contribution >= 0.6 is 0 Å². The van der Waals surface area contributed by atoms with Crippen molar-refractivity contribution >= 4 is 23.6 Å². The van der Waals surface area contributed by atoms with Crippen molar-refractivity contribution in [2.75, 3.05) is 19.0 Å². The summed E-state index contributed by atoms with van der Waals surface area (Å²) >= 11 is 0. The number of carbonyl (C=O) groups excluding carboxylic acids is 1. The Balaban J connectivity index is 2.06. The summed E-state index contributed by atoms with van der Waals surface area (Å²) in [6, 6.07) is 11.5. The molecule has 6 heteroatoms. The molecule has 2 aromatic rings. The number of hydrogen-bond donors (Lipinski definition) is 2. The lowest BCUT2D eigenvalue weighted by Gasteiger charge is -2.10. The summed E-state index contributed by atoms with van der Waals surface area (Å²) in [5.41, 5.74) is 1.00. The number of rotatable bonds is 8. The molecule has 0 saturated heterocycles. The van der Waals surface area contributed by atoms with E-state index in [2.05, 4.69) is 17.2 Å². The number of carboxylic acid groups (broad SMARTS) is 1. The van der Waals surface area contributed by atoms with Gasteiger partial charge in [0.15, 0.2) is 11.5 Å². The van der Waals surface area contributed by atoms with Crippen LogP contribution in [-0.2, 0) is 4.79 Å². The van der Waals surface area contributed by atoms with Gasteiger partial charge in [-0.15, -0.1) is 5.92 Å². The van der Waals surface area contributed by atoms with Crippen LogP contribution in [0.3, 0.4) is 0 Å². The third-order valence-electron chi connectivity index (χ3n) is 3.82. The van der Waals surface area contributed by atoms with Gasteiger partial charge in [-0.2, -0.15) is 0 Å². The number of carboxylic acids is 1. The van der Waals surface area contributed by atoms with E-state index in [4.69, 9.17) is 9.47 Å². The molecule has 0 atom stereocenters. The number of aromatic carboxylic acids is 1. The van der Waals surface area contributed by atoms with Crippen molar-refractivity contribution in [2.45, 2.75) is 19.8 Å². The molecule has 2 N–H and O–H groups in total. The lowest BCUT2D eigenvalue weighted by molar-refractivity contribution is -0.111. The number of carbonyl (C=O) groups is 2. The van der Waals surface area contributed by atoms with Crippen LogP contribution in [-0.4, -0.2) is 30.7 Å². The molecule has 29 heavy (non-hydrogen) atoms. The van der Waals surface area contributed by atoms with Gasteiger partial charge in [-0.3, -0.25) is 4.79 Å². The minimum absolute atomic E-state index is 0.0283. The Bertz CT molecular complexity index is 953. The molecular formula is C23H23NO5. The molecule has 150 valence electrons. The second-order valence-corrected chi connectivity index (χ2v) is 5.89. The first kappa shape index (κ1) is 21.6. The van der Waals surface area contributed by atoms with Crippen molar-refractivity contribution in [2.24, 2.45) is 0 Å². The van der Waals surface area contributed by atoms with Crippen molar-refractivity contribution in [1.82, 2.24) is 0 Å². The number of amides is 1. The number of nitrogens with one attached hydrogen (secondary N) is 1. The van der Waals surface area contributed by atoms with E-state index >= 15 is 0 Å². The zero-order chi connectivity index (χ0) is 21.1. The first-order valence-corrected chi connectivity index (χ1v) is 9.13. The number of anilines is 1. The van der Waals surface area contributed by atoms with Crippen LogP contribution in [0.1, 0.15) is 35.7 Å². The van der Waals surface area contributed by atoms with E-state index in [-0.39, 0.29) is 11.3 Å². The highest BCUT2D eigenvalue weighted by Crippen LogP contribution is 2.28. The van der Waals surface area contributed by atoms with E-state index in [1.54, 1.807) is 43.5 Å². The summed E-state index contributed by atoms with van der Waals surface area (Å²) in [5, 5.41) is 11.8. The van der Waals surface area contributed by atoms with Crippen LogP contribution in [0.25, 0.3) is 6.08 Å². The minimum atomic E-state index is -1.11. The van der Waals surface area contributed by atoms with Gasteiger partial charge in [-0.05, 0) is 35.9 Å². The maximum absolute atomic E-state index is 12.2. The fourth-order valence-electron chi connectivity index (χ4n) is 2.46. The number of ether oxygens (including phenoxy) is 2. The van der Waals surface area contributed by atoms with Crippen molar-refractivity contribution in [3.63, 3.8) is 0 Å². The van der Waals surface area contributed by atoms with E-state index in [1.165, 1.54) is 18.2 Å². The molecule has 0 fully saturated rings. The highest BCUT2D eigenvalue weighted by Gasteiger charge is 2.10. The largest absolute Gasteiger partial charge is 0.493 e. The third kappa shape index (κ3) is 6.74. The first-order chi connectivity index (χ1) is 14.0. The minimum Gasteiger partial charge on any atom is -0.493 e. The van der Waals surface area contributed by atoms with Crippen molar-refractivity contribution in [1.29, 1.82) is 0 Å². The Hall–Kier alpha value is -3.72. The van der Waals surface area contributed by atoms with Gasteiger partial charge in [0.1, 0.15) is 0 Å². The van der Waals surface area contributed by atoms with Crippen molar-refractivity contribution in [3.8, 4) is 23.3 Å². The molecule has 0 aliphatic heterocycles. The topological polar surface area (TPSA) is 84.9 Å². The van der Waals surface area contributed by atoms with Crippen molar-refractivity contribution < 1.29 is 24.2 Å². The Morgan fingerprint density at radius 2 is 1.93 bits per heavy atom. The van der Waals surface area contributed by atoms with E-state index in [0.29, 0.717) is 24.5 Å². The summed E-state index contributed by atoms with van der Waals surface area (Å²) in [6.45, 7) is 2.42. The molecule has 0 bridgehead atoms. The number of para-hydroxylation sites is 1. The summed E-state index contributed by atoms with van der Waals surface area (Å²) in [6.07, 6.45) is 4.36. The first-order valence-electron chi connectivity index (χ1n) is 9.13. The smallest absolute Gasteiger partial charge is 0.337 e. The van der Waals surface area contributed by atoms with Crippen LogP contribution < -0.4 is 14.8 Å². The summed E-state index contributed by atoms with van der Waals surface area (Å²) in [5.74, 6) is 5.60. The summed E-state index contributed by atoms with van der Waals surface area (Å²) in [7, 11) is 1.56. The molecule has 0 heterocycles. The average molecular weight is 393 g/mol. The second kappa shape index (κ2) is 11.2. The fraction of sp³-hybridized carbons (Fsp3) is 0.217. The van der Waals surface area contributed by atoms with Gasteiger partial charge in [0, 0.05) is 18.9 Å². The predicted octanol–water partition coefficient (Wildman–Crippen LogP) is 4.23. The molecule has 1 amide bonds. The number of methoxy groups -OCH3 is 1. The monoisotopic (exact) mass is 393 g/mol. The van der Waals surface area contributed by atoms with Gasteiger partial charge in [0.2, 0.25) is 5.91 Å². The number of benzene rings is 2. The van der Waals surface area contributed by atoms with Crippen LogP contribution in [0.5, 0.6) is 11.5 Å². The quantitative estimate of drug-likeness (QED) is 0.398. The molecule has 0 radical (unpaired) electrons. The van der Waals surface area contributed by atoms with Crippen molar-refractivity contribution in [3.05, 3.63) is 59.7 Å². The van der Waals surface area contributed by atoms with E-state index in [1.807, 2.05) is 6.92 Å². The highest BCUT2D eigenvalue weighted by molar-refractivity contribution is 6.06. The maximum Gasteiger partial charge on any atom is 0.337 e. The van der Waals surface area contributed by atoms with Gasteiger partial charge < -0.3 is 19.9 Å². The standard InChI is InChI=1S/C23H23NO5/c1-3-4-5-8-15-29-21-16-17(11-13-20(21)28-2)12-14-22(25)24-19-10-7-6-9-18(19)23(26)27/h6-7,9-14,16H,3,8,15H2,1-2H3,(H,24,25)(H,26,27). The van der Waals surface area contributed by atoms with Gasteiger partial charge in [0.05, 0.1) is 25.0 Å². The molecule has 0 aromatic heterocycles. The molecule has 2 rings (SSSR count). The van der Waals surface area contributed by atoms with Gasteiger partial charge in [0.25, 0.3) is 0 Å². The molecule has 0 aliphatic rings. The molecule has 0 saturated carbocycles. The third-order valence-corrected chi connectivity index (χ3v) is 3.82. The van der Waals surface area contributed by atoms with Gasteiger partial charge in [-0.25, -0.2) is 4.79 Å². The Kier molecular flexibility index (Phi) is 8.33. The molecule has 6 nitrogen and oxygen atoms in total. The highest BCUT2D eigenvalue weighted by atomic mass is 16.5. The molecule has 2 aromatic carbocycles. The Morgan fingerprint density at radius 1 is 1.14 bits per heavy atom. The normalized spacial score (nSPS) is 10.1. The zero-order valence-corrected chi connectivity index (χ0v) is 16.4. The molecule has 0 unspecified atom stereocenters. The zero-order valence-electron chi connectivity index (χ0n) is 16.4. The average Bonchev–Trinajstić information content (AvgIpc) is 2.72. The van der Waals surface area contributed by atoms with Crippen LogP contribution in [0, 0.1) is 11.8 Å². The summed E-state index contributed by atoms with van der Waals surface area (Å²) in [4.78, 5) is 23.4. The SMILES string of the molecule is CCC#CCCOc1cc(C=CC(=O)Nc2ccccc2C(=O)O)ccc1OC. The molecular weight excluding hydrogens is 370 g/mol. The molecule has 0 spiro atoms. The van der Waals surface area contributed by atoms with E-state index < -0.39 is 11.9 Å². The Morgan fingerprint density at radius 3 is 2.66 bits per heavy atom. The molecule has 0 aliphatic carbocycles. The predicted molar refractivity (Wildman–Crippen MR) is 112 cm³/mol. The second-order valence-electron chi connectivity index (χ2n) is 5.89. The van der Waals surface area contributed by atoms with Crippen LogP contribution in [0.2, 0.25) is 0 Å². The fourth-order valence-corrected chi connectivity index (χ4v) is 2.46. The van der Waals surface area contributed by atoms with Gasteiger partial charge in [-0.1, -0.05) is 31.0 Å². The van der Waals surface area contributed by atoms with Crippen LogP contribution in [0.15, 0.2) is 48.5 Å². The van der Waals surface area contributed by atoms with E-state index in [0.717, 1.165) is 12.0 Å². The Labute approximate surface area is 170 Å².